The molecule has 0 fully saturated rings. The summed E-state index contributed by atoms with van der Waals surface area (Å²) in [6, 6.07) is 11.8. The number of pyridine rings is 1. The number of rotatable bonds is 6. The van der Waals surface area contributed by atoms with E-state index in [1.165, 1.54) is 0 Å². The molecule has 1 heterocycles. The molecule has 4 nitrogen and oxygen atoms in total. The molecule has 0 amide bonds. The summed E-state index contributed by atoms with van der Waals surface area (Å²) in [4.78, 5) is 4.39. The summed E-state index contributed by atoms with van der Waals surface area (Å²) >= 11 is 0. The van der Waals surface area contributed by atoms with Crippen LogP contribution in [0.1, 0.15) is 36.2 Å². The third-order valence-electron chi connectivity index (χ3n) is 3.09. The Morgan fingerprint density at radius 3 is 2.60 bits per heavy atom. The fourth-order valence-electron chi connectivity index (χ4n) is 2.05. The van der Waals surface area contributed by atoms with Gasteiger partial charge in [-0.2, -0.15) is 0 Å². The van der Waals surface area contributed by atoms with E-state index in [1.807, 2.05) is 43.3 Å². The quantitative estimate of drug-likeness (QED) is 0.626. The van der Waals surface area contributed by atoms with Gasteiger partial charge in [-0.15, -0.1) is 0 Å². The second-order valence-electron chi connectivity index (χ2n) is 4.78. The first-order chi connectivity index (χ1) is 9.74. The van der Waals surface area contributed by atoms with Gasteiger partial charge in [0.1, 0.15) is 5.75 Å². The molecule has 1 aromatic carbocycles. The van der Waals surface area contributed by atoms with Crippen LogP contribution in [0.15, 0.2) is 42.6 Å². The standard InChI is InChI=1S/C16H21N3O/c1-3-10-20-14-6-4-13(5-7-14)16(19-17)15-11-12(2)8-9-18-15/h4-9,11,16,19H,3,10,17H2,1-2H3. The lowest BCUT2D eigenvalue weighted by molar-refractivity contribution is 0.317. The Hall–Kier alpha value is -1.91. The number of ether oxygens (including phenoxy) is 1. The molecule has 0 aliphatic rings. The SMILES string of the molecule is CCCOc1ccc(C(NN)c2cc(C)ccn2)cc1. The topological polar surface area (TPSA) is 60.2 Å². The van der Waals surface area contributed by atoms with E-state index in [0.717, 1.165) is 35.6 Å². The van der Waals surface area contributed by atoms with Crippen molar-refractivity contribution in [3.63, 3.8) is 0 Å². The van der Waals surface area contributed by atoms with E-state index in [1.54, 1.807) is 6.20 Å². The summed E-state index contributed by atoms with van der Waals surface area (Å²) in [6.07, 6.45) is 2.80. The first kappa shape index (κ1) is 14.5. The minimum absolute atomic E-state index is 0.116. The van der Waals surface area contributed by atoms with Crippen molar-refractivity contribution < 1.29 is 4.74 Å². The van der Waals surface area contributed by atoms with Gasteiger partial charge in [0, 0.05) is 6.20 Å². The minimum Gasteiger partial charge on any atom is -0.494 e. The summed E-state index contributed by atoms with van der Waals surface area (Å²) in [5, 5.41) is 0. The maximum Gasteiger partial charge on any atom is 0.119 e. The molecule has 20 heavy (non-hydrogen) atoms. The molecule has 0 radical (unpaired) electrons. The minimum atomic E-state index is -0.116. The van der Waals surface area contributed by atoms with Crippen molar-refractivity contribution in [2.24, 2.45) is 5.84 Å². The predicted molar refractivity (Wildman–Crippen MR) is 80.4 cm³/mol. The zero-order valence-electron chi connectivity index (χ0n) is 12.0. The van der Waals surface area contributed by atoms with Gasteiger partial charge >= 0.3 is 0 Å². The van der Waals surface area contributed by atoms with Crippen LogP contribution in [0.3, 0.4) is 0 Å². The number of hydrogen-bond acceptors (Lipinski definition) is 4. The highest BCUT2D eigenvalue weighted by Gasteiger charge is 2.13. The maximum absolute atomic E-state index is 5.68. The van der Waals surface area contributed by atoms with E-state index in [0.29, 0.717) is 0 Å². The molecule has 0 saturated carbocycles. The number of nitrogens with two attached hydrogens (primary N) is 1. The smallest absolute Gasteiger partial charge is 0.119 e. The molecule has 0 bridgehead atoms. The van der Waals surface area contributed by atoms with Gasteiger partial charge in [-0.3, -0.25) is 10.8 Å². The van der Waals surface area contributed by atoms with Crippen LogP contribution in [0, 0.1) is 6.92 Å². The second kappa shape index (κ2) is 7.03. The average Bonchev–Trinajstić information content (AvgIpc) is 2.47. The summed E-state index contributed by atoms with van der Waals surface area (Å²) in [5.74, 6) is 6.56. The van der Waals surface area contributed by atoms with Crippen molar-refractivity contribution in [1.29, 1.82) is 0 Å². The van der Waals surface area contributed by atoms with Gasteiger partial charge in [-0.05, 0) is 48.7 Å². The number of nitrogens with one attached hydrogen (secondary N) is 1. The van der Waals surface area contributed by atoms with E-state index in [2.05, 4.69) is 17.3 Å². The van der Waals surface area contributed by atoms with Crippen LogP contribution >= 0.6 is 0 Å². The lowest BCUT2D eigenvalue weighted by Gasteiger charge is -2.16. The van der Waals surface area contributed by atoms with Crippen LogP contribution in [0.25, 0.3) is 0 Å². The molecule has 3 N–H and O–H groups in total. The fourth-order valence-corrected chi connectivity index (χ4v) is 2.05. The normalized spacial score (nSPS) is 12.2. The van der Waals surface area contributed by atoms with Crippen LogP contribution in [-0.4, -0.2) is 11.6 Å². The zero-order valence-corrected chi connectivity index (χ0v) is 12.0. The average molecular weight is 271 g/mol. The van der Waals surface area contributed by atoms with Gasteiger partial charge in [0.05, 0.1) is 18.3 Å². The summed E-state index contributed by atoms with van der Waals surface area (Å²) in [6.45, 7) is 4.87. The molecule has 0 aliphatic heterocycles. The van der Waals surface area contributed by atoms with Crippen LogP contribution < -0.4 is 16.0 Å². The predicted octanol–water partition coefficient (Wildman–Crippen LogP) is 2.73. The van der Waals surface area contributed by atoms with Gasteiger partial charge in [0.15, 0.2) is 0 Å². The number of hydrazine groups is 1. The Bertz CT molecular complexity index is 540. The van der Waals surface area contributed by atoms with Crippen LogP contribution in [0.5, 0.6) is 5.75 Å². The molecule has 1 aromatic heterocycles. The highest BCUT2D eigenvalue weighted by Crippen LogP contribution is 2.22. The number of aromatic nitrogens is 1. The third kappa shape index (κ3) is 3.56. The van der Waals surface area contributed by atoms with Gasteiger partial charge in [-0.25, -0.2) is 5.43 Å². The molecule has 1 atom stereocenters. The number of benzene rings is 1. The molecule has 0 aliphatic carbocycles. The Morgan fingerprint density at radius 1 is 1.25 bits per heavy atom. The van der Waals surface area contributed by atoms with Crippen LogP contribution in [-0.2, 0) is 0 Å². The molecule has 2 rings (SSSR count). The van der Waals surface area contributed by atoms with Gasteiger partial charge in [0.25, 0.3) is 0 Å². The zero-order chi connectivity index (χ0) is 14.4. The first-order valence-corrected chi connectivity index (χ1v) is 6.86. The number of hydrogen-bond donors (Lipinski definition) is 2. The lowest BCUT2D eigenvalue weighted by Crippen LogP contribution is -2.29. The third-order valence-corrected chi connectivity index (χ3v) is 3.09. The number of nitrogens with zero attached hydrogens (tertiary/aromatic N) is 1. The number of aryl methyl sites for hydroxylation is 1. The fraction of sp³-hybridized carbons (Fsp3) is 0.312. The van der Waals surface area contributed by atoms with E-state index >= 15 is 0 Å². The second-order valence-corrected chi connectivity index (χ2v) is 4.78. The van der Waals surface area contributed by atoms with E-state index in [-0.39, 0.29) is 6.04 Å². The first-order valence-electron chi connectivity index (χ1n) is 6.86. The molecular weight excluding hydrogens is 250 g/mol. The summed E-state index contributed by atoms with van der Waals surface area (Å²) in [5.41, 5.74) is 5.96. The Balaban J connectivity index is 2.19. The highest BCUT2D eigenvalue weighted by atomic mass is 16.5. The van der Waals surface area contributed by atoms with Crippen LogP contribution in [0.2, 0.25) is 0 Å². The Labute approximate surface area is 120 Å². The Morgan fingerprint density at radius 2 is 2.00 bits per heavy atom. The molecule has 4 heteroatoms. The van der Waals surface area contributed by atoms with E-state index in [4.69, 9.17) is 10.6 Å². The van der Waals surface area contributed by atoms with Crippen molar-refractivity contribution in [2.45, 2.75) is 26.3 Å². The molecule has 106 valence electrons. The van der Waals surface area contributed by atoms with Gasteiger partial charge in [-0.1, -0.05) is 19.1 Å². The van der Waals surface area contributed by atoms with E-state index < -0.39 is 0 Å². The van der Waals surface area contributed by atoms with Crippen molar-refractivity contribution in [3.05, 3.63) is 59.4 Å². The maximum atomic E-state index is 5.68. The Kier molecular flexibility index (Phi) is 5.09. The molecule has 2 aromatic rings. The van der Waals surface area contributed by atoms with E-state index in [9.17, 15) is 0 Å². The largest absolute Gasteiger partial charge is 0.494 e. The summed E-state index contributed by atoms with van der Waals surface area (Å²) in [7, 11) is 0. The van der Waals surface area contributed by atoms with Gasteiger partial charge in [0.2, 0.25) is 0 Å². The lowest BCUT2D eigenvalue weighted by atomic mass is 10.0. The van der Waals surface area contributed by atoms with Gasteiger partial charge < -0.3 is 4.74 Å². The summed E-state index contributed by atoms with van der Waals surface area (Å²) < 4.78 is 5.58. The molecule has 0 spiro atoms. The van der Waals surface area contributed by atoms with Crippen molar-refractivity contribution >= 4 is 0 Å². The van der Waals surface area contributed by atoms with Crippen molar-refractivity contribution in [1.82, 2.24) is 10.4 Å². The highest BCUT2D eigenvalue weighted by molar-refractivity contribution is 5.34. The molecule has 0 saturated heterocycles. The van der Waals surface area contributed by atoms with Crippen molar-refractivity contribution in [2.75, 3.05) is 6.61 Å². The molecular formula is C16H21N3O. The molecule has 1 unspecified atom stereocenters. The monoisotopic (exact) mass is 271 g/mol. The van der Waals surface area contributed by atoms with Crippen molar-refractivity contribution in [3.8, 4) is 5.75 Å². The van der Waals surface area contributed by atoms with Crippen LogP contribution in [0.4, 0.5) is 0 Å².